The van der Waals surface area contributed by atoms with Crippen molar-refractivity contribution in [2.45, 2.75) is 25.3 Å². The first-order valence-electron chi connectivity index (χ1n) is 5.83. The molecule has 1 aromatic carbocycles. The second-order valence-corrected chi connectivity index (χ2v) is 4.60. The molecule has 0 radical (unpaired) electrons. The van der Waals surface area contributed by atoms with Gasteiger partial charge < -0.3 is 10.1 Å². The Balaban J connectivity index is 2.05. The van der Waals surface area contributed by atoms with Crippen molar-refractivity contribution < 1.29 is 4.74 Å². The van der Waals surface area contributed by atoms with Gasteiger partial charge in [-0.15, -0.1) is 0 Å². The van der Waals surface area contributed by atoms with Crippen molar-refractivity contribution in [3.63, 3.8) is 0 Å². The third-order valence-electron chi connectivity index (χ3n) is 2.91. The molecule has 0 saturated carbocycles. The molecule has 4 heteroatoms. The van der Waals surface area contributed by atoms with E-state index >= 15 is 0 Å². The minimum absolute atomic E-state index is 0.405. The van der Waals surface area contributed by atoms with Crippen molar-refractivity contribution in [2.24, 2.45) is 0 Å². The van der Waals surface area contributed by atoms with Gasteiger partial charge in [0.25, 0.3) is 0 Å². The van der Waals surface area contributed by atoms with Gasteiger partial charge in [-0.3, -0.25) is 0 Å². The number of halogens is 1. The molecule has 0 aromatic heterocycles. The first kappa shape index (κ1) is 12.2. The number of hydrogen-bond donors (Lipinski definition) is 1. The highest BCUT2D eigenvalue weighted by atomic mass is 35.5. The van der Waals surface area contributed by atoms with Gasteiger partial charge in [0.05, 0.1) is 22.3 Å². The quantitative estimate of drug-likeness (QED) is 0.877. The van der Waals surface area contributed by atoms with Crippen molar-refractivity contribution in [1.82, 2.24) is 0 Å². The molecule has 0 aliphatic carbocycles. The molecule has 1 aromatic rings. The van der Waals surface area contributed by atoms with Crippen LogP contribution >= 0.6 is 11.6 Å². The molecule has 17 heavy (non-hydrogen) atoms. The van der Waals surface area contributed by atoms with E-state index in [1.807, 2.05) is 6.07 Å². The van der Waals surface area contributed by atoms with Crippen LogP contribution in [-0.4, -0.2) is 19.3 Å². The fourth-order valence-corrected chi connectivity index (χ4v) is 2.20. The highest BCUT2D eigenvalue weighted by molar-refractivity contribution is 6.33. The zero-order chi connectivity index (χ0) is 12.1. The number of hydrogen-bond acceptors (Lipinski definition) is 3. The highest BCUT2D eigenvalue weighted by Crippen LogP contribution is 2.25. The lowest BCUT2D eigenvalue weighted by atomic mass is 10.1. The standard InChI is InChI=1S/C13H15ClN2O/c14-12-8-10(9-15)3-4-13(12)16-11-2-1-6-17-7-5-11/h3-4,8,11,16H,1-2,5-7H2. The lowest BCUT2D eigenvalue weighted by Gasteiger charge is -2.18. The number of ether oxygens (including phenoxy) is 1. The Hall–Kier alpha value is -1.24. The zero-order valence-electron chi connectivity index (χ0n) is 9.58. The van der Waals surface area contributed by atoms with Crippen LogP contribution in [0.1, 0.15) is 24.8 Å². The Morgan fingerprint density at radius 3 is 3.00 bits per heavy atom. The van der Waals surface area contributed by atoms with Crippen molar-refractivity contribution in [2.75, 3.05) is 18.5 Å². The van der Waals surface area contributed by atoms with Crippen LogP contribution in [0.3, 0.4) is 0 Å². The van der Waals surface area contributed by atoms with Crippen molar-refractivity contribution in [3.05, 3.63) is 28.8 Å². The monoisotopic (exact) mass is 250 g/mol. The number of nitrogens with zero attached hydrogens (tertiary/aromatic N) is 1. The number of nitrogens with one attached hydrogen (secondary N) is 1. The summed E-state index contributed by atoms with van der Waals surface area (Å²) in [4.78, 5) is 0. The molecule has 90 valence electrons. The maximum absolute atomic E-state index is 8.77. The van der Waals surface area contributed by atoms with E-state index in [2.05, 4.69) is 11.4 Å². The molecule has 0 amide bonds. The minimum atomic E-state index is 0.405. The summed E-state index contributed by atoms with van der Waals surface area (Å²) in [6.45, 7) is 1.64. The molecule has 1 aliphatic rings. The molecule has 1 aliphatic heterocycles. The smallest absolute Gasteiger partial charge is 0.0992 e. The summed E-state index contributed by atoms with van der Waals surface area (Å²) >= 11 is 6.12. The van der Waals surface area contributed by atoms with Crippen molar-refractivity contribution in [3.8, 4) is 6.07 Å². The predicted molar refractivity (Wildman–Crippen MR) is 68.2 cm³/mol. The highest BCUT2D eigenvalue weighted by Gasteiger charge is 2.13. The summed E-state index contributed by atoms with van der Waals surface area (Å²) in [7, 11) is 0. The summed E-state index contributed by atoms with van der Waals surface area (Å²) in [5.74, 6) is 0. The van der Waals surface area contributed by atoms with Crippen LogP contribution in [-0.2, 0) is 4.74 Å². The summed E-state index contributed by atoms with van der Waals surface area (Å²) in [6.07, 6.45) is 3.16. The molecule has 0 spiro atoms. The Morgan fingerprint density at radius 2 is 2.24 bits per heavy atom. The van der Waals surface area contributed by atoms with E-state index in [0.717, 1.165) is 38.2 Å². The molecular weight excluding hydrogens is 236 g/mol. The molecule has 2 rings (SSSR count). The number of rotatable bonds is 2. The molecule has 1 atom stereocenters. The number of benzene rings is 1. The van der Waals surface area contributed by atoms with Crippen molar-refractivity contribution >= 4 is 17.3 Å². The van der Waals surface area contributed by atoms with E-state index in [4.69, 9.17) is 21.6 Å². The Morgan fingerprint density at radius 1 is 1.35 bits per heavy atom. The summed E-state index contributed by atoms with van der Waals surface area (Å²) in [5, 5.41) is 12.8. The van der Waals surface area contributed by atoms with Gasteiger partial charge in [-0.1, -0.05) is 11.6 Å². The van der Waals surface area contributed by atoms with Gasteiger partial charge in [-0.25, -0.2) is 0 Å². The first-order chi connectivity index (χ1) is 8.29. The Labute approximate surface area is 106 Å². The molecule has 1 N–H and O–H groups in total. The van der Waals surface area contributed by atoms with E-state index in [1.54, 1.807) is 12.1 Å². The fourth-order valence-electron chi connectivity index (χ4n) is 1.97. The SMILES string of the molecule is N#Cc1ccc(NC2CCCOCC2)c(Cl)c1. The van der Waals surface area contributed by atoms with Crippen LogP contribution in [0, 0.1) is 11.3 Å². The normalized spacial score (nSPS) is 20.4. The van der Waals surface area contributed by atoms with Crippen LogP contribution in [0.4, 0.5) is 5.69 Å². The van der Waals surface area contributed by atoms with Crippen LogP contribution in [0.5, 0.6) is 0 Å². The lowest BCUT2D eigenvalue weighted by molar-refractivity contribution is 0.144. The number of nitriles is 1. The van der Waals surface area contributed by atoms with Crippen molar-refractivity contribution in [1.29, 1.82) is 5.26 Å². The van der Waals surface area contributed by atoms with E-state index in [-0.39, 0.29) is 0 Å². The summed E-state index contributed by atoms with van der Waals surface area (Å²) in [6, 6.07) is 7.82. The molecular formula is C13H15ClN2O. The molecule has 0 bridgehead atoms. The topological polar surface area (TPSA) is 45.0 Å². The Kier molecular flexibility index (Phi) is 4.24. The first-order valence-corrected chi connectivity index (χ1v) is 6.21. The van der Waals surface area contributed by atoms with Gasteiger partial charge in [0.1, 0.15) is 0 Å². The summed E-state index contributed by atoms with van der Waals surface area (Å²) < 4.78 is 5.41. The molecule has 1 fully saturated rings. The second-order valence-electron chi connectivity index (χ2n) is 4.19. The van der Waals surface area contributed by atoms with Gasteiger partial charge in [0.15, 0.2) is 0 Å². The van der Waals surface area contributed by atoms with Crippen LogP contribution in [0.2, 0.25) is 5.02 Å². The third-order valence-corrected chi connectivity index (χ3v) is 3.22. The largest absolute Gasteiger partial charge is 0.381 e. The molecule has 1 saturated heterocycles. The predicted octanol–water partition coefficient (Wildman–Crippen LogP) is 3.19. The van der Waals surface area contributed by atoms with Gasteiger partial charge >= 0.3 is 0 Å². The average Bonchev–Trinajstić information content (AvgIpc) is 2.60. The summed E-state index contributed by atoms with van der Waals surface area (Å²) in [5.41, 5.74) is 1.49. The van der Waals surface area contributed by atoms with Crippen LogP contribution in [0.15, 0.2) is 18.2 Å². The maximum Gasteiger partial charge on any atom is 0.0992 e. The number of anilines is 1. The van der Waals surface area contributed by atoms with E-state index in [1.165, 1.54) is 0 Å². The molecule has 1 heterocycles. The molecule has 3 nitrogen and oxygen atoms in total. The maximum atomic E-state index is 8.77. The van der Waals surface area contributed by atoms with Gasteiger partial charge in [0.2, 0.25) is 0 Å². The van der Waals surface area contributed by atoms with Gasteiger partial charge in [-0.2, -0.15) is 5.26 Å². The van der Waals surface area contributed by atoms with Gasteiger partial charge in [-0.05, 0) is 37.5 Å². The van der Waals surface area contributed by atoms with E-state index < -0.39 is 0 Å². The van der Waals surface area contributed by atoms with Crippen LogP contribution < -0.4 is 5.32 Å². The lowest BCUT2D eigenvalue weighted by Crippen LogP contribution is -2.19. The average molecular weight is 251 g/mol. The fraction of sp³-hybridized carbons (Fsp3) is 0.462. The Bertz CT molecular complexity index is 420. The second kappa shape index (κ2) is 5.90. The zero-order valence-corrected chi connectivity index (χ0v) is 10.3. The minimum Gasteiger partial charge on any atom is -0.381 e. The van der Waals surface area contributed by atoms with Gasteiger partial charge in [0, 0.05) is 19.3 Å². The van der Waals surface area contributed by atoms with E-state index in [0.29, 0.717) is 16.6 Å². The third kappa shape index (κ3) is 3.36. The van der Waals surface area contributed by atoms with E-state index in [9.17, 15) is 0 Å². The van der Waals surface area contributed by atoms with Crippen LogP contribution in [0.25, 0.3) is 0 Å². The molecule has 1 unspecified atom stereocenters.